The molecule has 1 fully saturated rings. The molecule has 25 heavy (non-hydrogen) atoms. The number of halogens is 1. The average Bonchev–Trinajstić information content (AvgIpc) is 2.62. The Kier molecular flexibility index (Phi) is 5.48. The molecule has 0 aromatic heterocycles. The SMILES string of the molecule is COCc1ccccc1S(=O)(=O)N1CCNCC1c1cccc(F)c1. The molecule has 5 nitrogen and oxygen atoms in total. The van der Waals surface area contributed by atoms with E-state index in [0.29, 0.717) is 30.8 Å². The molecule has 0 spiro atoms. The quantitative estimate of drug-likeness (QED) is 0.885. The summed E-state index contributed by atoms with van der Waals surface area (Å²) in [4.78, 5) is 0.236. The lowest BCUT2D eigenvalue weighted by molar-refractivity contribution is 0.182. The van der Waals surface area contributed by atoms with Gasteiger partial charge in [-0.3, -0.25) is 0 Å². The van der Waals surface area contributed by atoms with Crippen LogP contribution in [0.2, 0.25) is 0 Å². The zero-order chi connectivity index (χ0) is 17.9. The largest absolute Gasteiger partial charge is 0.380 e. The van der Waals surface area contributed by atoms with Crippen LogP contribution in [0.5, 0.6) is 0 Å². The Morgan fingerprint density at radius 3 is 2.80 bits per heavy atom. The van der Waals surface area contributed by atoms with Crippen LogP contribution >= 0.6 is 0 Å². The van der Waals surface area contributed by atoms with Crippen molar-refractivity contribution in [1.29, 1.82) is 0 Å². The monoisotopic (exact) mass is 364 g/mol. The van der Waals surface area contributed by atoms with Crippen LogP contribution in [0, 0.1) is 5.82 Å². The first kappa shape index (κ1) is 18.0. The summed E-state index contributed by atoms with van der Waals surface area (Å²) < 4.78 is 46.8. The molecule has 0 aliphatic carbocycles. The van der Waals surface area contributed by atoms with E-state index in [9.17, 15) is 12.8 Å². The Morgan fingerprint density at radius 2 is 2.04 bits per heavy atom. The number of methoxy groups -OCH3 is 1. The minimum Gasteiger partial charge on any atom is -0.380 e. The Balaban J connectivity index is 2.02. The van der Waals surface area contributed by atoms with Crippen molar-refractivity contribution >= 4 is 10.0 Å². The van der Waals surface area contributed by atoms with Gasteiger partial charge >= 0.3 is 0 Å². The molecule has 0 radical (unpaired) electrons. The van der Waals surface area contributed by atoms with Gasteiger partial charge in [-0.05, 0) is 29.3 Å². The number of benzene rings is 2. The summed E-state index contributed by atoms with van der Waals surface area (Å²) in [5.41, 5.74) is 1.25. The van der Waals surface area contributed by atoms with Crippen LogP contribution in [-0.4, -0.2) is 39.5 Å². The second-order valence-corrected chi connectivity index (χ2v) is 7.79. The molecule has 1 atom stereocenters. The summed E-state index contributed by atoms with van der Waals surface area (Å²) in [5.74, 6) is -0.375. The van der Waals surface area contributed by atoms with E-state index in [1.54, 1.807) is 36.4 Å². The average molecular weight is 364 g/mol. The van der Waals surface area contributed by atoms with E-state index in [1.165, 1.54) is 23.5 Å². The van der Waals surface area contributed by atoms with Gasteiger partial charge in [0.2, 0.25) is 10.0 Å². The summed E-state index contributed by atoms with van der Waals surface area (Å²) in [6, 6.07) is 12.5. The number of nitrogens with zero attached hydrogens (tertiary/aromatic N) is 1. The number of rotatable bonds is 5. The summed E-state index contributed by atoms with van der Waals surface area (Å²) in [6.45, 7) is 1.53. The molecule has 1 N–H and O–H groups in total. The molecule has 0 bridgehead atoms. The van der Waals surface area contributed by atoms with Crippen LogP contribution in [0.15, 0.2) is 53.4 Å². The van der Waals surface area contributed by atoms with Crippen molar-refractivity contribution in [2.24, 2.45) is 0 Å². The molecule has 1 aliphatic rings. The van der Waals surface area contributed by atoms with Gasteiger partial charge in [0.15, 0.2) is 0 Å². The van der Waals surface area contributed by atoms with Crippen molar-refractivity contribution in [2.45, 2.75) is 17.5 Å². The Bertz CT molecular complexity index is 842. The molecule has 1 saturated heterocycles. The van der Waals surface area contributed by atoms with Gasteiger partial charge in [-0.15, -0.1) is 0 Å². The summed E-state index contributed by atoms with van der Waals surface area (Å²) >= 11 is 0. The fourth-order valence-corrected chi connectivity index (χ4v) is 4.95. The van der Waals surface area contributed by atoms with Crippen molar-refractivity contribution in [3.8, 4) is 0 Å². The molecular weight excluding hydrogens is 343 g/mol. The molecule has 1 unspecified atom stereocenters. The first-order valence-corrected chi connectivity index (χ1v) is 9.53. The number of sulfonamides is 1. The highest BCUT2D eigenvalue weighted by atomic mass is 32.2. The third-order valence-electron chi connectivity index (χ3n) is 4.29. The topological polar surface area (TPSA) is 58.6 Å². The molecule has 1 aliphatic heterocycles. The second kappa shape index (κ2) is 7.61. The fraction of sp³-hybridized carbons (Fsp3) is 0.333. The van der Waals surface area contributed by atoms with Gasteiger partial charge in [-0.2, -0.15) is 4.31 Å². The van der Waals surface area contributed by atoms with Crippen LogP contribution < -0.4 is 5.32 Å². The lowest BCUT2D eigenvalue weighted by atomic mass is 10.1. The Morgan fingerprint density at radius 1 is 1.24 bits per heavy atom. The molecule has 0 saturated carbocycles. The molecule has 2 aromatic carbocycles. The van der Waals surface area contributed by atoms with Crippen LogP contribution in [0.25, 0.3) is 0 Å². The zero-order valence-electron chi connectivity index (χ0n) is 14.0. The van der Waals surface area contributed by atoms with Gasteiger partial charge in [0.1, 0.15) is 5.82 Å². The molecule has 3 rings (SSSR count). The van der Waals surface area contributed by atoms with Crippen molar-refractivity contribution in [1.82, 2.24) is 9.62 Å². The standard InChI is InChI=1S/C18H21FN2O3S/c1-24-13-15-5-2-3-8-18(15)25(22,23)21-10-9-20-12-17(21)14-6-4-7-16(19)11-14/h2-8,11,17,20H,9-10,12-13H2,1H3. The normalized spacial score (nSPS) is 19.0. The maximum atomic E-state index is 13.6. The Labute approximate surface area is 147 Å². The molecule has 0 amide bonds. The van der Waals surface area contributed by atoms with Gasteiger partial charge < -0.3 is 10.1 Å². The third kappa shape index (κ3) is 3.74. The van der Waals surface area contributed by atoms with Crippen molar-refractivity contribution in [2.75, 3.05) is 26.7 Å². The molecular formula is C18H21FN2O3S. The molecule has 1 heterocycles. The van der Waals surface area contributed by atoms with Gasteiger partial charge in [0.25, 0.3) is 0 Å². The van der Waals surface area contributed by atoms with Crippen molar-refractivity contribution in [3.05, 3.63) is 65.5 Å². The summed E-state index contributed by atoms with van der Waals surface area (Å²) in [6.07, 6.45) is 0. The lowest BCUT2D eigenvalue weighted by Gasteiger charge is -2.35. The minimum atomic E-state index is -3.73. The lowest BCUT2D eigenvalue weighted by Crippen LogP contribution is -2.48. The predicted molar refractivity (Wildman–Crippen MR) is 93.1 cm³/mol. The van der Waals surface area contributed by atoms with Crippen LogP contribution in [-0.2, 0) is 21.4 Å². The van der Waals surface area contributed by atoms with Gasteiger partial charge in [0.05, 0.1) is 17.5 Å². The molecule has 2 aromatic rings. The number of hydrogen-bond donors (Lipinski definition) is 1. The summed E-state index contributed by atoms with van der Waals surface area (Å²) in [5, 5.41) is 3.19. The molecule has 134 valence electrons. The fourth-order valence-electron chi connectivity index (χ4n) is 3.13. The van der Waals surface area contributed by atoms with Crippen LogP contribution in [0.3, 0.4) is 0 Å². The summed E-state index contributed by atoms with van der Waals surface area (Å²) in [7, 11) is -2.20. The highest BCUT2D eigenvalue weighted by Gasteiger charge is 2.35. The maximum Gasteiger partial charge on any atom is 0.244 e. The van der Waals surface area contributed by atoms with Crippen LogP contribution in [0.4, 0.5) is 4.39 Å². The zero-order valence-corrected chi connectivity index (χ0v) is 14.8. The van der Waals surface area contributed by atoms with E-state index < -0.39 is 16.1 Å². The number of nitrogens with one attached hydrogen (secondary N) is 1. The Hall–Kier alpha value is -1.80. The van der Waals surface area contributed by atoms with Crippen molar-refractivity contribution in [3.63, 3.8) is 0 Å². The number of piperazine rings is 1. The van der Waals surface area contributed by atoms with E-state index in [-0.39, 0.29) is 17.3 Å². The number of hydrogen-bond acceptors (Lipinski definition) is 4. The van der Waals surface area contributed by atoms with Crippen molar-refractivity contribution < 1.29 is 17.5 Å². The van der Waals surface area contributed by atoms with Gasteiger partial charge in [-0.25, -0.2) is 12.8 Å². The molecule has 7 heteroatoms. The maximum absolute atomic E-state index is 13.6. The first-order valence-electron chi connectivity index (χ1n) is 8.09. The highest BCUT2D eigenvalue weighted by Crippen LogP contribution is 2.30. The first-order chi connectivity index (χ1) is 12.0. The highest BCUT2D eigenvalue weighted by molar-refractivity contribution is 7.89. The van der Waals surface area contributed by atoms with Crippen LogP contribution in [0.1, 0.15) is 17.2 Å². The second-order valence-electron chi connectivity index (χ2n) is 5.93. The smallest absolute Gasteiger partial charge is 0.244 e. The van der Waals surface area contributed by atoms with Gasteiger partial charge in [-0.1, -0.05) is 30.3 Å². The van der Waals surface area contributed by atoms with E-state index >= 15 is 0 Å². The number of ether oxygens (including phenoxy) is 1. The van der Waals surface area contributed by atoms with E-state index in [2.05, 4.69) is 5.32 Å². The van der Waals surface area contributed by atoms with Gasteiger partial charge in [0, 0.05) is 26.7 Å². The van der Waals surface area contributed by atoms with E-state index in [1.807, 2.05) is 0 Å². The van der Waals surface area contributed by atoms with E-state index in [0.717, 1.165) is 0 Å². The third-order valence-corrected chi connectivity index (χ3v) is 6.30. The van der Waals surface area contributed by atoms with E-state index in [4.69, 9.17) is 4.74 Å². The predicted octanol–water partition coefficient (Wildman–Crippen LogP) is 2.31. The minimum absolute atomic E-state index is 0.214.